The highest BCUT2D eigenvalue weighted by Crippen LogP contribution is 2.45. The van der Waals surface area contributed by atoms with Gasteiger partial charge in [0.25, 0.3) is 0 Å². The summed E-state index contributed by atoms with van der Waals surface area (Å²) in [6.45, 7) is 0. The first-order valence-corrected chi connectivity index (χ1v) is 7.60. The van der Waals surface area contributed by atoms with Crippen molar-refractivity contribution in [1.29, 1.82) is 0 Å². The van der Waals surface area contributed by atoms with Crippen molar-refractivity contribution in [2.75, 3.05) is 5.75 Å². The predicted molar refractivity (Wildman–Crippen MR) is 75.0 cm³/mol. The molecular formula is C14H15NO4S. The fourth-order valence-electron chi connectivity index (χ4n) is 2.37. The minimum atomic E-state index is -0.930. The number of thioether (sulfide) groups is 1. The minimum Gasteiger partial charge on any atom is -0.480 e. The number of nitrogens with zero attached hydrogens (tertiary/aromatic N) is 1. The Kier molecular flexibility index (Phi) is 3.56. The molecule has 0 bridgehead atoms. The summed E-state index contributed by atoms with van der Waals surface area (Å²) in [6, 6.07) is 2.76. The van der Waals surface area contributed by atoms with Crippen LogP contribution in [0.2, 0.25) is 0 Å². The maximum absolute atomic E-state index is 12.3. The zero-order chi connectivity index (χ0) is 14.1. The van der Waals surface area contributed by atoms with Gasteiger partial charge in [-0.2, -0.15) is 0 Å². The number of carboxylic acids is 1. The van der Waals surface area contributed by atoms with E-state index in [1.54, 1.807) is 30.0 Å². The van der Waals surface area contributed by atoms with E-state index >= 15 is 0 Å². The Labute approximate surface area is 120 Å². The Bertz CT molecular complexity index is 535. The summed E-state index contributed by atoms with van der Waals surface area (Å²) in [5, 5.41) is 9.26. The molecule has 1 aromatic rings. The standard InChI is InChI=1S/C14H15NO4S/c16-12(6-5-10-2-1-7-19-10)15-11(14(17)18)8-20-13(15)9-3-4-9/h1-2,5-7,9,11,13H,3-4,8H2,(H,17,18). The zero-order valence-electron chi connectivity index (χ0n) is 10.8. The van der Waals surface area contributed by atoms with Crippen LogP contribution in [0.5, 0.6) is 0 Å². The molecule has 0 aromatic carbocycles. The van der Waals surface area contributed by atoms with Crippen LogP contribution in [0.3, 0.4) is 0 Å². The van der Waals surface area contributed by atoms with Gasteiger partial charge in [0, 0.05) is 11.8 Å². The van der Waals surface area contributed by atoms with Gasteiger partial charge in [-0.1, -0.05) is 0 Å². The highest BCUT2D eigenvalue weighted by atomic mass is 32.2. The third-order valence-corrected chi connectivity index (χ3v) is 4.99. The monoisotopic (exact) mass is 293 g/mol. The number of carbonyl (C=O) groups excluding carboxylic acids is 1. The van der Waals surface area contributed by atoms with E-state index in [1.165, 1.54) is 17.2 Å². The molecule has 1 saturated heterocycles. The maximum atomic E-state index is 12.3. The number of aliphatic carboxylic acids is 1. The lowest BCUT2D eigenvalue weighted by Crippen LogP contribution is -2.45. The summed E-state index contributed by atoms with van der Waals surface area (Å²) >= 11 is 1.58. The molecule has 5 nitrogen and oxygen atoms in total. The molecule has 0 radical (unpaired) electrons. The molecule has 2 unspecified atom stereocenters. The lowest BCUT2D eigenvalue weighted by molar-refractivity contribution is -0.147. The van der Waals surface area contributed by atoms with E-state index in [0.29, 0.717) is 17.4 Å². The van der Waals surface area contributed by atoms with E-state index in [0.717, 1.165) is 12.8 Å². The molecule has 20 heavy (non-hydrogen) atoms. The average Bonchev–Trinajstić information content (AvgIpc) is 2.97. The van der Waals surface area contributed by atoms with Crippen molar-refractivity contribution < 1.29 is 19.1 Å². The molecule has 1 amide bonds. The maximum Gasteiger partial charge on any atom is 0.327 e. The third kappa shape index (κ3) is 2.60. The third-order valence-electron chi connectivity index (χ3n) is 3.53. The number of carbonyl (C=O) groups is 2. The summed E-state index contributed by atoms with van der Waals surface area (Å²) < 4.78 is 5.13. The van der Waals surface area contributed by atoms with Crippen molar-refractivity contribution in [2.45, 2.75) is 24.3 Å². The van der Waals surface area contributed by atoms with Crippen molar-refractivity contribution >= 4 is 29.7 Å². The van der Waals surface area contributed by atoms with Crippen LogP contribution in [0.15, 0.2) is 28.9 Å². The van der Waals surface area contributed by atoms with Gasteiger partial charge in [-0.05, 0) is 37.0 Å². The second-order valence-electron chi connectivity index (χ2n) is 5.01. The molecular weight excluding hydrogens is 278 g/mol. The van der Waals surface area contributed by atoms with Gasteiger partial charge in [0.2, 0.25) is 5.91 Å². The van der Waals surface area contributed by atoms with Gasteiger partial charge in [0.1, 0.15) is 11.8 Å². The van der Waals surface area contributed by atoms with Gasteiger partial charge in [-0.25, -0.2) is 4.79 Å². The van der Waals surface area contributed by atoms with Crippen LogP contribution >= 0.6 is 11.8 Å². The van der Waals surface area contributed by atoms with E-state index in [1.807, 2.05) is 0 Å². The highest BCUT2D eigenvalue weighted by molar-refractivity contribution is 8.00. The van der Waals surface area contributed by atoms with Crippen LogP contribution in [-0.4, -0.2) is 39.1 Å². The second-order valence-corrected chi connectivity index (χ2v) is 6.16. The number of carboxylic acid groups (broad SMARTS) is 1. The molecule has 2 fully saturated rings. The van der Waals surface area contributed by atoms with Crippen molar-refractivity contribution in [2.24, 2.45) is 5.92 Å². The number of amides is 1. The highest BCUT2D eigenvalue weighted by Gasteiger charge is 2.47. The normalized spacial score (nSPS) is 26.3. The first-order valence-electron chi connectivity index (χ1n) is 6.55. The largest absolute Gasteiger partial charge is 0.480 e. The molecule has 2 heterocycles. The smallest absolute Gasteiger partial charge is 0.327 e. The molecule has 1 aliphatic carbocycles. The summed E-state index contributed by atoms with van der Waals surface area (Å²) in [7, 11) is 0. The van der Waals surface area contributed by atoms with Crippen molar-refractivity contribution in [1.82, 2.24) is 4.90 Å². The average molecular weight is 293 g/mol. The molecule has 6 heteroatoms. The van der Waals surface area contributed by atoms with Crippen LogP contribution in [0.1, 0.15) is 18.6 Å². The Morgan fingerprint density at radius 2 is 2.25 bits per heavy atom. The molecule has 106 valence electrons. The molecule has 1 saturated carbocycles. The molecule has 2 aliphatic rings. The van der Waals surface area contributed by atoms with Crippen LogP contribution in [0.25, 0.3) is 6.08 Å². The van der Waals surface area contributed by atoms with Crippen LogP contribution in [0.4, 0.5) is 0 Å². The molecule has 1 aromatic heterocycles. The van der Waals surface area contributed by atoms with Gasteiger partial charge >= 0.3 is 5.97 Å². The van der Waals surface area contributed by atoms with Gasteiger partial charge in [0.15, 0.2) is 0 Å². The summed E-state index contributed by atoms with van der Waals surface area (Å²) in [5.41, 5.74) is 0. The fourth-order valence-corrected chi connectivity index (χ4v) is 4.01. The molecule has 1 N–H and O–H groups in total. The van der Waals surface area contributed by atoms with Crippen molar-refractivity contribution in [3.63, 3.8) is 0 Å². The van der Waals surface area contributed by atoms with E-state index in [4.69, 9.17) is 4.42 Å². The van der Waals surface area contributed by atoms with E-state index in [9.17, 15) is 14.7 Å². The fraction of sp³-hybridized carbons (Fsp3) is 0.429. The van der Waals surface area contributed by atoms with Crippen molar-refractivity contribution in [3.05, 3.63) is 30.2 Å². The number of rotatable bonds is 4. The summed E-state index contributed by atoms with van der Waals surface area (Å²) in [4.78, 5) is 25.1. The van der Waals surface area contributed by atoms with Crippen LogP contribution in [-0.2, 0) is 9.59 Å². The molecule has 2 atom stereocenters. The molecule has 3 rings (SSSR count). The first-order chi connectivity index (χ1) is 9.66. The molecule has 1 aliphatic heterocycles. The van der Waals surface area contributed by atoms with Crippen LogP contribution in [0, 0.1) is 5.92 Å². The summed E-state index contributed by atoms with van der Waals surface area (Å²) in [5.74, 6) is 0.318. The SMILES string of the molecule is O=C(O)C1CSC(C2CC2)N1C(=O)C=Cc1ccco1. The minimum absolute atomic E-state index is 0.00449. The van der Waals surface area contributed by atoms with Gasteiger partial charge < -0.3 is 14.4 Å². The van der Waals surface area contributed by atoms with E-state index < -0.39 is 12.0 Å². The Balaban J connectivity index is 1.76. The van der Waals surface area contributed by atoms with Gasteiger partial charge in [0.05, 0.1) is 11.6 Å². The number of hydrogen-bond acceptors (Lipinski definition) is 4. The van der Waals surface area contributed by atoms with Crippen LogP contribution < -0.4 is 0 Å². The van der Waals surface area contributed by atoms with E-state index in [-0.39, 0.29) is 11.3 Å². The first kappa shape index (κ1) is 13.3. The Morgan fingerprint density at radius 1 is 1.45 bits per heavy atom. The van der Waals surface area contributed by atoms with Gasteiger partial charge in [-0.3, -0.25) is 4.79 Å². The van der Waals surface area contributed by atoms with Gasteiger partial charge in [-0.15, -0.1) is 11.8 Å². The molecule has 0 spiro atoms. The number of furan rings is 1. The Morgan fingerprint density at radius 3 is 2.85 bits per heavy atom. The summed E-state index contributed by atoms with van der Waals surface area (Å²) in [6.07, 6.45) is 6.67. The quantitative estimate of drug-likeness (QED) is 0.860. The lowest BCUT2D eigenvalue weighted by Gasteiger charge is -2.26. The predicted octanol–water partition coefficient (Wildman–Crippen LogP) is 2.06. The number of hydrogen-bond donors (Lipinski definition) is 1. The zero-order valence-corrected chi connectivity index (χ0v) is 11.6. The van der Waals surface area contributed by atoms with Crippen molar-refractivity contribution in [3.8, 4) is 0 Å². The Hall–Kier alpha value is -1.69. The lowest BCUT2D eigenvalue weighted by atomic mass is 10.2. The van der Waals surface area contributed by atoms with E-state index in [2.05, 4.69) is 0 Å². The topological polar surface area (TPSA) is 70.8 Å². The second kappa shape index (κ2) is 5.36.